The van der Waals surface area contributed by atoms with Crippen molar-refractivity contribution in [1.82, 2.24) is 20.1 Å². The van der Waals surface area contributed by atoms with E-state index in [0.717, 1.165) is 49.8 Å². The van der Waals surface area contributed by atoms with Crippen molar-refractivity contribution in [3.8, 4) is 11.5 Å². The van der Waals surface area contributed by atoms with Crippen molar-refractivity contribution in [2.45, 2.75) is 13.1 Å². The molecule has 1 fully saturated rings. The number of piperazine rings is 1. The van der Waals surface area contributed by atoms with E-state index >= 15 is 0 Å². The minimum absolute atomic E-state index is 0.154. The Kier molecular flexibility index (Phi) is 5.50. The Hall–Kier alpha value is -2.64. The number of fused-ring (bicyclic) bond motifs is 1. The summed E-state index contributed by atoms with van der Waals surface area (Å²) in [6, 6.07) is 9.98. The van der Waals surface area contributed by atoms with Crippen molar-refractivity contribution >= 4 is 5.91 Å². The van der Waals surface area contributed by atoms with E-state index in [1.165, 1.54) is 5.56 Å². The normalized spacial score (nSPS) is 16.5. The molecule has 0 saturated carbocycles. The molecule has 1 aromatic carbocycles. The van der Waals surface area contributed by atoms with Gasteiger partial charge in [-0.1, -0.05) is 12.1 Å². The minimum Gasteiger partial charge on any atom is -0.454 e. The smallest absolute Gasteiger partial charge is 0.236 e. The lowest BCUT2D eigenvalue weighted by Crippen LogP contribution is -2.50. The molecule has 0 aliphatic carbocycles. The largest absolute Gasteiger partial charge is 0.454 e. The van der Waals surface area contributed by atoms with E-state index in [1.54, 1.807) is 6.20 Å². The molecule has 2 aliphatic rings. The van der Waals surface area contributed by atoms with Gasteiger partial charge < -0.3 is 19.7 Å². The molecule has 2 aromatic rings. The van der Waals surface area contributed by atoms with Gasteiger partial charge in [-0.05, 0) is 29.3 Å². The molecule has 1 saturated heterocycles. The topological polar surface area (TPSA) is 66.9 Å². The Morgan fingerprint density at radius 1 is 1.07 bits per heavy atom. The van der Waals surface area contributed by atoms with Crippen molar-refractivity contribution in [1.29, 1.82) is 0 Å². The summed E-state index contributed by atoms with van der Waals surface area (Å²) in [5, 5.41) is 3.20. The Morgan fingerprint density at radius 2 is 1.93 bits per heavy atom. The SMILES string of the molecule is O=C(CNCc1cccnc1)N1CCN(Cc2ccc3c(c2)OCO3)CC1. The molecule has 3 heterocycles. The van der Waals surface area contributed by atoms with E-state index in [0.29, 0.717) is 19.9 Å². The highest BCUT2D eigenvalue weighted by atomic mass is 16.7. The number of benzene rings is 1. The predicted molar refractivity (Wildman–Crippen MR) is 100 cm³/mol. The Balaban J connectivity index is 1.20. The van der Waals surface area contributed by atoms with E-state index in [-0.39, 0.29) is 5.91 Å². The van der Waals surface area contributed by atoms with E-state index in [1.807, 2.05) is 35.4 Å². The molecule has 1 amide bonds. The van der Waals surface area contributed by atoms with Crippen LogP contribution in [0.3, 0.4) is 0 Å². The van der Waals surface area contributed by atoms with Gasteiger partial charge in [0.15, 0.2) is 11.5 Å². The molecule has 0 radical (unpaired) electrons. The number of rotatable bonds is 6. The van der Waals surface area contributed by atoms with E-state index in [2.05, 4.69) is 21.3 Å². The zero-order valence-electron chi connectivity index (χ0n) is 15.3. The van der Waals surface area contributed by atoms with Crippen LogP contribution in [0.2, 0.25) is 0 Å². The summed E-state index contributed by atoms with van der Waals surface area (Å²) in [7, 11) is 0. The Morgan fingerprint density at radius 3 is 2.74 bits per heavy atom. The number of carbonyl (C=O) groups excluding carboxylic acids is 1. The fourth-order valence-electron chi connectivity index (χ4n) is 3.38. The zero-order valence-corrected chi connectivity index (χ0v) is 15.3. The van der Waals surface area contributed by atoms with Crippen LogP contribution >= 0.6 is 0 Å². The van der Waals surface area contributed by atoms with Crippen LogP contribution in [0.1, 0.15) is 11.1 Å². The summed E-state index contributed by atoms with van der Waals surface area (Å²) in [5.74, 6) is 1.79. The van der Waals surface area contributed by atoms with Gasteiger partial charge in [0.2, 0.25) is 12.7 Å². The predicted octanol–water partition coefficient (Wildman–Crippen LogP) is 1.24. The first-order chi connectivity index (χ1) is 13.3. The number of hydrogen-bond donors (Lipinski definition) is 1. The number of amides is 1. The number of aromatic nitrogens is 1. The maximum absolute atomic E-state index is 12.4. The highest BCUT2D eigenvalue weighted by Crippen LogP contribution is 2.32. The van der Waals surface area contributed by atoms with Crippen molar-refractivity contribution in [2.24, 2.45) is 0 Å². The van der Waals surface area contributed by atoms with Gasteiger partial charge >= 0.3 is 0 Å². The van der Waals surface area contributed by atoms with Crippen molar-refractivity contribution < 1.29 is 14.3 Å². The molecule has 27 heavy (non-hydrogen) atoms. The van der Waals surface area contributed by atoms with E-state index in [9.17, 15) is 4.79 Å². The third-order valence-electron chi connectivity index (χ3n) is 4.90. The van der Waals surface area contributed by atoms with Gasteiger partial charge in [-0.15, -0.1) is 0 Å². The summed E-state index contributed by atoms with van der Waals surface area (Å²) >= 11 is 0. The molecule has 4 rings (SSSR count). The second kappa shape index (κ2) is 8.37. The quantitative estimate of drug-likeness (QED) is 0.828. The number of pyridine rings is 1. The highest BCUT2D eigenvalue weighted by molar-refractivity contribution is 5.78. The van der Waals surface area contributed by atoms with Gasteiger partial charge in [0.05, 0.1) is 6.54 Å². The van der Waals surface area contributed by atoms with Crippen LogP contribution in [0.15, 0.2) is 42.7 Å². The van der Waals surface area contributed by atoms with Gasteiger partial charge in [-0.25, -0.2) is 0 Å². The number of nitrogens with one attached hydrogen (secondary N) is 1. The fraction of sp³-hybridized carbons (Fsp3) is 0.400. The zero-order chi connectivity index (χ0) is 18.5. The number of ether oxygens (including phenoxy) is 2. The van der Waals surface area contributed by atoms with Crippen molar-refractivity contribution in [2.75, 3.05) is 39.5 Å². The van der Waals surface area contributed by atoms with Crippen LogP contribution in [0.25, 0.3) is 0 Å². The van der Waals surface area contributed by atoms with Crippen LogP contribution in [0.4, 0.5) is 0 Å². The molecule has 7 nitrogen and oxygen atoms in total. The molecule has 0 bridgehead atoms. The second-order valence-corrected chi connectivity index (χ2v) is 6.81. The Labute approximate surface area is 158 Å². The molecule has 0 atom stereocenters. The number of carbonyl (C=O) groups is 1. The lowest BCUT2D eigenvalue weighted by Gasteiger charge is -2.34. The first-order valence-electron chi connectivity index (χ1n) is 9.26. The summed E-state index contributed by atoms with van der Waals surface area (Å²) in [4.78, 5) is 20.8. The Bertz CT molecular complexity index is 776. The maximum Gasteiger partial charge on any atom is 0.236 e. The average Bonchev–Trinajstić information content (AvgIpc) is 3.17. The van der Waals surface area contributed by atoms with Gasteiger partial charge in [-0.3, -0.25) is 14.7 Å². The lowest BCUT2D eigenvalue weighted by molar-refractivity contribution is -0.132. The van der Waals surface area contributed by atoms with Crippen LogP contribution in [-0.4, -0.2) is 60.2 Å². The fourth-order valence-corrected chi connectivity index (χ4v) is 3.38. The second-order valence-electron chi connectivity index (χ2n) is 6.81. The van der Waals surface area contributed by atoms with Crippen molar-refractivity contribution in [3.63, 3.8) is 0 Å². The highest BCUT2D eigenvalue weighted by Gasteiger charge is 2.21. The molecule has 0 unspecified atom stereocenters. The summed E-state index contributed by atoms with van der Waals surface area (Å²) in [5.41, 5.74) is 2.29. The van der Waals surface area contributed by atoms with Gasteiger partial charge in [0.25, 0.3) is 0 Å². The monoisotopic (exact) mass is 368 g/mol. The third-order valence-corrected chi connectivity index (χ3v) is 4.90. The first kappa shape index (κ1) is 17.8. The summed E-state index contributed by atoms with van der Waals surface area (Å²) in [6.07, 6.45) is 3.56. The summed E-state index contributed by atoms with van der Waals surface area (Å²) < 4.78 is 10.8. The molecule has 7 heteroatoms. The molecule has 0 spiro atoms. The van der Waals surface area contributed by atoms with Gasteiger partial charge in [0.1, 0.15) is 0 Å². The molecular formula is C20H24N4O3. The van der Waals surface area contributed by atoms with Crippen molar-refractivity contribution in [3.05, 3.63) is 53.9 Å². The molecule has 1 N–H and O–H groups in total. The first-order valence-corrected chi connectivity index (χ1v) is 9.26. The van der Waals surface area contributed by atoms with Gasteiger partial charge in [0, 0.05) is 51.7 Å². The minimum atomic E-state index is 0.154. The molecular weight excluding hydrogens is 344 g/mol. The summed E-state index contributed by atoms with van der Waals surface area (Å²) in [6.45, 7) is 5.45. The van der Waals surface area contributed by atoms with Gasteiger partial charge in [-0.2, -0.15) is 0 Å². The average molecular weight is 368 g/mol. The van der Waals surface area contributed by atoms with Crippen LogP contribution in [0.5, 0.6) is 11.5 Å². The van der Waals surface area contributed by atoms with Crippen LogP contribution in [-0.2, 0) is 17.9 Å². The van der Waals surface area contributed by atoms with Crippen LogP contribution < -0.4 is 14.8 Å². The number of hydrogen-bond acceptors (Lipinski definition) is 6. The molecule has 2 aliphatic heterocycles. The molecule has 142 valence electrons. The van der Waals surface area contributed by atoms with E-state index < -0.39 is 0 Å². The maximum atomic E-state index is 12.4. The standard InChI is InChI=1S/C20H24N4O3/c25-20(13-22-12-17-2-1-5-21-11-17)24-8-6-23(7-9-24)14-16-3-4-18-19(10-16)27-15-26-18/h1-5,10-11,22H,6-9,12-15H2. The lowest BCUT2D eigenvalue weighted by atomic mass is 10.1. The van der Waals surface area contributed by atoms with E-state index in [4.69, 9.17) is 9.47 Å². The molecule has 1 aromatic heterocycles. The number of nitrogens with zero attached hydrogens (tertiary/aromatic N) is 3. The van der Waals surface area contributed by atoms with Crippen LogP contribution in [0, 0.1) is 0 Å². The third kappa shape index (κ3) is 4.56.